The summed E-state index contributed by atoms with van der Waals surface area (Å²) in [5.41, 5.74) is 0.122. The molecule has 1 amide bonds. The summed E-state index contributed by atoms with van der Waals surface area (Å²) in [6.07, 6.45) is 3.84. The van der Waals surface area contributed by atoms with Gasteiger partial charge < -0.3 is 0 Å². The van der Waals surface area contributed by atoms with Gasteiger partial charge in [0.15, 0.2) is 9.84 Å². The first-order chi connectivity index (χ1) is 11.1. The summed E-state index contributed by atoms with van der Waals surface area (Å²) in [5.74, 6) is -0.728. The molecule has 1 saturated carbocycles. The van der Waals surface area contributed by atoms with Crippen molar-refractivity contribution in [1.82, 2.24) is 4.72 Å². The van der Waals surface area contributed by atoms with Gasteiger partial charge in [0.1, 0.15) is 0 Å². The number of sulfone groups is 1. The van der Waals surface area contributed by atoms with Crippen LogP contribution in [0.4, 0.5) is 0 Å². The first-order valence-corrected chi connectivity index (χ1v) is 11.1. The molecule has 0 aromatic heterocycles. The fraction of sp³-hybridized carbons (Fsp3) is 0.562. The van der Waals surface area contributed by atoms with E-state index in [9.17, 15) is 21.6 Å². The maximum atomic E-state index is 12.3. The number of hydrogen-bond donors (Lipinski definition) is 1. The molecule has 0 bridgehead atoms. The minimum Gasteiger partial charge on any atom is -0.268 e. The molecule has 1 aromatic carbocycles. The van der Waals surface area contributed by atoms with Gasteiger partial charge in [0.2, 0.25) is 10.0 Å². The average molecular weight is 373 g/mol. The van der Waals surface area contributed by atoms with Crippen LogP contribution in [0.5, 0.6) is 0 Å². The van der Waals surface area contributed by atoms with Gasteiger partial charge in [-0.15, -0.1) is 0 Å². The molecule has 8 heteroatoms. The van der Waals surface area contributed by atoms with Crippen molar-refractivity contribution >= 4 is 25.8 Å². The van der Waals surface area contributed by atoms with E-state index in [1.807, 2.05) is 0 Å². The summed E-state index contributed by atoms with van der Waals surface area (Å²) < 4.78 is 50.7. The van der Waals surface area contributed by atoms with Crippen LogP contribution in [0.3, 0.4) is 0 Å². The van der Waals surface area contributed by atoms with Gasteiger partial charge in [-0.25, -0.2) is 21.6 Å². The number of carbonyl (C=O) groups is 1. The summed E-state index contributed by atoms with van der Waals surface area (Å²) in [7, 11) is -7.12. The standard InChI is InChI=1S/C16H23NO5S2/c1-12(2)23(19,20)14-10-8-13(9-11-14)16(18)17-24(21,22)15-6-4-3-5-7-15/h8-12,15H,3-7H2,1-2H3,(H,17,18). The second kappa shape index (κ2) is 7.23. The molecule has 1 N–H and O–H groups in total. The Bertz CT molecular complexity index is 789. The maximum absolute atomic E-state index is 12.3. The highest BCUT2D eigenvalue weighted by molar-refractivity contribution is 7.92. The average Bonchev–Trinajstić information content (AvgIpc) is 2.55. The number of rotatable bonds is 5. The zero-order chi connectivity index (χ0) is 18.0. The molecule has 2 rings (SSSR count). The fourth-order valence-corrected chi connectivity index (χ4v) is 5.27. The molecular formula is C16H23NO5S2. The van der Waals surface area contributed by atoms with Gasteiger partial charge in [-0.3, -0.25) is 4.79 Å². The van der Waals surface area contributed by atoms with Crippen LogP contribution in [0, 0.1) is 0 Å². The number of sulfonamides is 1. The summed E-state index contributed by atoms with van der Waals surface area (Å²) in [6, 6.07) is 5.33. The van der Waals surface area contributed by atoms with Crippen molar-refractivity contribution in [3.05, 3.63) is 29.8 Å². The number of nitrogens with one attached hydrogen (secondary N) is 1. The smallest absolute Gasteiger partial charge is 0.264 e. The van der Waals surface area contributed by atoms with Gasteiger partial charge in [0.05, 0.1) is 15.4 Å². The minimum atomic E-state index is -3.70. The molecule has 0 saturated heterocycles. The van der Waals surface area contributed by atoms with Crippen LogP contribution in [0.1, 0.15) is 56.3 Å². The molecule has 0 atom stereocenters. The molecule has 0 aliphatic heterocycles. The maximum Gasteiger partial charge on any atom is 0.264 e. The molecule has 6 nitrogen and oxygen atoms in total. The van der Waals surface area contributed by atoms with Crippen molar-refractivity contribution < 1.29 is 21.6 Å². The van der Waals surface area contributed by atoms with Gasteiger partial charge >= 0.3 is 0 Å². The van der Waals surface area contributed by atoms with Gasteiger partial charge in [0, 0.05) is 5.56 Å². The number of benzene rings is 1. The molecule has 0 radical (unpaired) electrons. The van der Waals surface area contributed by atoms with Crippen LogP contribution in [0.25, 0.3) is 0 Å². The molecule has 1 aliphatic rings. The van der Waals surface area contributed by atoms with Crippen molar-refractivity contribution in [2.24, 2.45) is 0 Å². The van der Waals surface area contributed by atoms with E-state index in [0.717, 1.165) is 19.3 Å². The quantitative estimate of drug-likeness (QED) is 0.854. The Morgan fingerprint density at radius 1 is 1.00 bits per heavy atom. The molecule has 1 aromatic rings. The summed E-state index contributed by atoms with van der Waals surface area (Å²) in [5, 5.41) is -1.10. The van der Waals surface area contributed by atoms with Gasteiger partial charge in [0.25, 0.3) is 5.91 Å². The Balaban J connectivity index is 2.13. The molecule has 1 fully saturated rings. The van der Waals surface area contributed by atoms with E-state index < -0.39 is 36.3 Å². The zero-order valence-electron chi connectivity index (χ0n) is 13.9. The van der Waals surface area contributed by atoms with E-state index in [1.54, 1.807) is 13.8 Å². The van der Waals surface area contributed by atoms with Crippen LogP contribution in [0.2, 0.25) is 0 Å². The highest BCUT2D eigenvalue weighted by atomic mass is 32.2. The molecular weight excluding hydrogens is 350 g/mol. The summed E-state index contributed by atoms with van der Waals surface area (Å²) in [4.78, 5) is 12.3. The highest BCUT2D eigenvalue weighted by Gasteiger charge is 2.29. The predicted molar refractivity (Wildman–Crippen MR) is 92.0 cm³/mol. The Hall–Kier alpha value is -1.41. The van der Waals surface area contributed by atoms with E-state index in [2.05, 4.69) is 4.72 Å². The van der Waals surface area contributed by atoms with Crippen LogP contribution >= 0.6 is 0 Å². The number of amides is 1. The van der Waals surface area contributed by atoms with Gasteiger partial charge in [-0.2, -0.15) is 0 Å². The summed E-state index contributed by atoms with van der Waals surface area (Å²) >= 11 is 0. The first-order valence-electron chi connectivity index (χ1n) is 8.04. The lowest BCUT2D eigenvalue weighted by molar-refractivity contribution is 0.0980. The topological polar surface area (TPSA) is 97.4 Å². The molecule has 0 heterocycles. The Morgan fingerprint density at radius 2 is 1.54 bits per heavy atom. The lowest BCUT2D eigenvalue weighted by Gasteiger charge is -2.21. The second-order valence-corrected chi connectivity index (χ2v) is 10.8. The second-order valence-electron chi connectivity index (χ2n) is 6.35. The third kappa shape index (κ3) is 4.16. The Labute approximate surface area is 143 Å². The molecule has 1 aliphatic carbocycles. The largest absolute Gasteiger partial charge is 0.268 e. The number of hydrogen-bond acceptors (Lipinski definition) is 5. The summed E-state index contributed by atoms with van der Waals surface area (Å²) in [6.45, 7) is 3.15. The first kappa shape index (κ1) is 18.9. The van der Waals surface area contributed by atoms with Crippen LogP contribution in [-0.4, -0.2) is 33.2 Å². The van der Waals surface area contributed by atoms with Crippen LogP contribution in [-0.2, 0) is 19.9 Å². The normalized spacial score (nSPS) is 17.0. The van der Waals surface area contributed by atoms with Crippen molar-refractivity contribution in [3.63, 3.8) is 0 Å². The highest BCUT2D eigenvalue weighted by Crippen LogP contribution is 2.23. The Kier molecular flexibility index (Phi) is 5.70. The predicted octanol–water partition coefficient (Wildman–Crippen LogP) is 2.26. The lowest BCUT2D eigenvalue weighted by Crippen LogP contribution is -2.39. The molecule has 0 unspecified atom stereocenters. The van der Waals surface area contributed by atoms with Gasteiger partial charge in [-0.05, 0) is 51.0 Å². The monoisotopic (exact) mass is 373 g/mol. The van der Waals surface area contributed by atoms with Crippen molar-refractivity contribution in [3.8, 4) is 0 Å². The van der Waals surface area contributed by atoms with E-state index in [0.29, 0.717) is 12.8 Å². The molecule has 0 spiro atoms. The van der Waals surface area contributed by atoms with Crippen molar-refractivity contribution in [2.75, 3.05) is 0 Å². The third-order valence-electron chi connectivity index (χ3n) is 4.29. The molecule has 24 heavy (non-hydrogen) atoms. The SMILES string of the molecule is CC(C)S(=O)(=O)c1ccc(C(=O)NS(=O)(=O)C2CCCCC2)cc1. The van der Waals surface area contributed by atoms with E-state index >= 15 is 0 Å². The van der Waals surface area contributed by atoms with E-state index in [-0.39, 0.29) is 10.5 Å². The minimum absolute atomic E-state index is 0.115. The lowest BCUT2D eigenvalue weighted by atomic mass is 10.0. The zero-order valence-corrected chi connectivity index (χ0v) is 15.5. The third-order valence-corrected chi connectivity index (χ3v) is 8.28. The molecule has 134 valence electrons. The van der Waals surface area contributed by atoms with Gasteiger partial charge in [-0.1, -0.05) is 19.3 Å². The fourth-order valence-electron chi connectivity index (χ4n) is 2.72. The van der Waals surface area contributed by atoms with E-state index in [4.69, 9.17) is 0 Å². The Morgan fingerprint density at radius 3 is 2.04 bits per heavy atom. The number of carbonyl (C=O) groups excluding carboxylic acids is 1. The van der Waals surface area contributed by atoms with Crippen molar-refractivity contribution in [1.29, 1.82) is 0 Å². The van der Waals surface area contributed by atoms with Crippen LogP contribution in [0.15, 0.2) is 29.2 Å². The van der Waals surface area contributed by atoms with Crippen LogP contribution < -0.4 is 4.72 Å². The van der Waals surface area contributed by atoms with E-state index in [1.165, 1.54) is 24.3 Å². The van der Waals surface area contributed by atoms with Crippen molar-refractivity contribution in [2.45, 2.75) is 61.3 Å².